The van der Waals surface area contributed by atoms with Gasteiger partial charge in [-0.25, -0.2) is 0 Å². The van der Waals surface area contributed by atoms with E-state index in [1.807, 2.05) is 13.0 Å². The Balaban J connectivity index is 3.91. The predicted octanol–water partition coefficient (Wildman–Crippen LogP) is 3.58. The Labute approximate surface area is 105 Å². The molecule has 0 aliphatic rings. The number of hydrogen-bond acceptors (Lipinski definition) is 2. The van der Waals surface area contributed by atoms with Crippen LogP contribution in [0.4, 0.5) is 0 Å². The van der Waals surface area contributed by atoms with Crippen molar-refractivity contribution in [3.05, 3.63) is 35.5 Å². The molecule has 0 amide bonds. The van der Waals surface area contributed by atoms with E-state index in [4.69, 9.17) is 5.11 Å². The molecule has 0 atom stereocenters. The van der Waals surface area contributed by atoms with E-state index in [1.165, 1.54) is 11.1 Å². The smallest absolute Gasteiger partial charge is 0.158 e. The molecule has 0 aromatic carbocycles. The van der Waals surface area contributed by atoms with Gasteiger partial charge in [0.05, 0.1) is 6.61 Å². The minimum Gasteiger partial charge on any atom is -0.392 e. The summed E-state index contributed by atoms with van der Waals surface area (Å²) in [6, 6.07) is 0. The van der Waals surface area contributed by atoms with Crippen LogP contribution in [0.15, 0.2) is 35.5 Å². The lowest BCUT2D eigenvalue weighted by Gasteiger charge is -2.02. The summed E-state index contributed by atoms with van der Waals surface area (Å²) in [4.78, 5) is 11.4. The van der Waals surface area contributed by atoms with E-state index in [1.54, 1.807) is 6.92 Å². The number of carbonyl (C=O) groups is 1. The Hall–Kier alpha value is -1.15. The van der Waals surface area contributed by atoms with Crippen molar-refractivity contribution in [3.8, 4) is 0 Å². The number of aliphatic hydroxyl groups is 1. The fourth-order valence-corrected chi connectivity index (χ4v) is 1.43. The molecule has 0 unspecified atom stereocenters. The van der Waals surface area contributed by atoms with Gasteiger partial charge in [-0.2, -0.15) is 0 Å². The monoisotopic (exact) mass is 236 g/mol. The number of ketones is 1. The van der Waals surface area contributed by atoms with Crippen LogP contribution in [0.1, 0.15) is 46.5 Å². The highest BCUT2D eigenvalue weighted by Crippen LogP contribution is 2.11. The van der Waals surface area contributed by atoms with E-state index in [2.05, 4.69) is 19.6 Å². The molecule has 0 aliphatic carbocycles. The van der Waals surface area contributed by atoms with E-state index in [0.717, 1.165) is 19.3 Å². The van der Waals surface area contributed by atoms with Crippen molar-refractivity contribution in [1.29, 1.82) is 0 Å². The third kappa shape index (κ3) is 8.64. The molecule has 17 heavy (non-hydrogen) atoms. The van der Waals surface area contributed by atoms with Crippen LogP contribution >= 0.6 is 0 Å². The van der Waals surface area contributed by atoms with Gasteiger partial charge in [0.15, 0.2) is 5.78 Å². The highest BCUT2D eigenvalue weighted by molar-refractivity contribution is 5.94. The van der Waals surface area contributed by atoms with Gasteiger partial charge in [0.1, 0.15) is 0 Å². The second kappa shape index (κ2) is 8.94. The number of rotatable bonds is 8. The fourth-order valence-electron chi connectivity index (χ4n) is 1.43. The Morgan fingerprint density at radius 1 is 1.06 bits per heavy atom. The third-order valence-corrected chi connectivity index (χ3v) is 2.69. The summed E-state index contributed by atoms with van der Waals surface area (Å²) in [6.45, 7) is 9.58. The average Bonchev–Trinajstić information content (AvgIpc) is 2.26. The number of Topliss-reactive ketones (excluding diaryl/α,β-unsaturated/α-hetero) is 1. The largest absolute Gasteiger partial charge is 0.392 e. The maximum atomic E-state index is 11.4. The van der Waals surface area contributed by atoms with Gasteiger partial charge < -0.3 is 5.11 Å². The molecule has 2 heteroatoms. The number of carbonyl (C=O) groups excluding carboxylic acids is 1. The molecule has 0 aromatic heterocycles. The maximum absolute atomic E-state index is 11.4. The second-order valence-electron chi connectivity index (χ2n) is 4.53. The molecular weight excluding hydrogens is 212 g/mol. The molecule has 0 fully saturated rings. The Bertz CT molecular complexity index is 322. The zero-order chi connectivity index (χ0) is 13.3. The van der Waals surface area contributed by atoms with Gasteiger partial charge in [-0.1, -0.05) is 29.9 Å². The topological polar surface area (TPSA) is 37.3 Å². The first kappa shape index (κ1) is 15.9. The van der Waals surface area contributed by atoms with Gasteiger partial charge >= 0.3 is 0 Å². The summed E-state index contributed by atoms with van der Waals surface area (Å²) in [7, 11) is 0. The fraction of sp³-hybridized carbons (Fsp3) is 0.533. The molecule has 2 nitrogen and oxygen atoms in total. The summed E-state index contributed by atoms with van der Waals surface area (Å²) < 4.78 is 0. The van der Waals surface area contributed by atoms with Crippen LogP contribution in [0, 0.1) is 0 Å². The Kier molecular flexibility index (Phi) is 8.34. The van der Waals surface area contributed by atoms with E-state index >= 15 is 0 Å². The molecule has 0 rings (SSSR count). The minimum absolute atomic E-state index is 0.113. The predicted molar refractivity (Wildman–Crippen MR) is 72.9 cm³/mol. The van der Waals surface area contributed by atoms with Gasteiger partial charge in [-0.15, -0.1) is 0 Å². The summed E-state index contributed by atoms with van der Waals surface area (Å²) in [6.07, 6.45) is 7.30. The standard InChI is InChI=1S/C15H24O2/c1-12(2)15(17)9-8-13(3)6-5-7-14(4)10-11-16/h6,10,16H,1,5,7-9,11H2,2-4H3/b13-6-,14-10-. The van der Waals surface area contributed by atoms with Gasteiger partial charge in [0.25, 0.3) is 0 Å². The van der Waals surface area contributed by atoms with Gasteiger partial charge in [0.2, 0.25) is 0 Å². The van der Waals surface area contributed by atoms with E-state index in [0.29, 0.717) is 12.0 Å². The van der Waals surface area contributed by atoms with Crippen molar-refractivity contribution >= 4 is 5.78 Å². The number of aliphatic hydroxyl groups excluding tert-OH is 1. The van der Waals surface area contributed by atoms with Crippen molar-refractivity contribution in [2.75, 3.05) is 6.61 Å². The normalized spacial score (nSPS) is 12.7. The van der Waals surface area contributed by atoms with Crippen LogP contribution in [-0.2, 0) is 4.79 Å². The summed E-state index contributed by atoms with van der Waals surface area (Å²) >= 11 is 0. The Morgan fingerprint density at radius 2 is 1.65 bits per heavy atom. The van der Waals surface area contributed by atoms with Gasteiger partial charge in [-0.05, 0) is 45.6 Å². The van der Waals surface area contributed by atoms with Gasteiger partial charge in [0, 0.05) is 6.42 Å². The lowest BCUT2D eigenvalue weighted by molar-refractivity contribution is -0.115. The SMILES string of the molecule is C=C(C)C(=O)CC/C(C)=C\CC/C(C)=C\CO. The molecule has 0 bridgehead atoms. The number of hydrogen-bond donors (Lipinski definition) is 1. The van der Waals surface area contributed by atoms with Gasteiger partial charge in [-0.3, -0.25) is 4.79 Å². The summed E-state index contributed by atoms with van der Waals surface area (Å²) in [5.74, 6) is 0.147. The third-order valence-electron chi connectivity index (χ3n) is 2.69. The molecule has 0 aliphatic heterocycles. The molecule has 0 heterocycles. The van der Waals surface area contributed by atoms with Crippen molar-refractivity contribution in [2.24, 2.45) is 0 Å². The van der Waals surface area contributed by atoms with Crippen LogP contribution in [-0.4, -0.2) is 17.5 Å². The average molecular weight is 236 g/mol. The second-order valence-corrected chi connectivity index (χ2v) is 4.53. The molecular formula is C15H24O2. The molecule has 0 spiro atoms. The highest BCUT2D eigenvalue weighted by atomic mass is 16.2. The first-order valence-electron chi connectivity index (χ1n) is 6.08. The molecule has 0 saturated carbocycles. The minimum atomic E-state index is 0.113. The lowest BCUT2D eigenvalue weighted by Crippen LogP contribution is -1.98. The highest BCUT2D eigenvalue weighted by Gasteiger charge is 2.02. The van der Waals surface area contributed by atoms with Crippen molar-refractivity contribution < 1.29 is 9.90 Å². The van der Waals surface area contributed by atoms with Crippen molar-refractivity contribution in [2.45, 2.75) is 46.5 Å². The van der Waals surface area contributed by atoms with E-state index in [9.17, 15) is 4.79 Å². The number of allylic oxidation sites excluding steroid dienone is 4. The maximum Gasteiger partial charge on any atom is 0.158 e. The molecule has 0 aromatic rings. The lowest BCUT2D eigenvalue weighted by atomic mass is 10.0. The van der Waals surface area contributed by atoms with Crippen molar-refractivity contribution in [3.63, 3.8) is 0 Å². The zero-order valence-electron chi connectivity index (χ0n) is 11.3. The summed E-state index contributed by atoms with van der Waals surface area (Å²) in [5.41, 5.74) is 3.09. The molecule has 0 radical (unpaired) electrons. The molecule has 1 N–H and O–H groups in total. The van der Waals surface area contributed by atoms with E-state index < -0.39 is 0 Å². The zero-order valence-corrected chi connectivity index (χ0v) is 11.3. The molecule has 96 valence electrons. The first-order chi connectivity index (χ1) is 7.97. The van der Waals surface area contributed by atoms with Crippen molar-refractivity contribution in [1.82, 2.24) is 0 Å². The first-order valence-corrected chi connectivity index (χ1v) is 6.08. The quantitative estimate of drug-likeness (QED) is 0.516. The van der Waals surface area contributed by atoms with Crippen LogP contribution < -0.4 is 0 Å². The Morgan fingerprint density at radius 3 is 2.18 bits per heavy atom. The van der Waals surface area contributed by atoms with Crippen LogP contribution in [0.2, 0.25) is 0 Å². The van der Waals surface area contributed by atoms with E-state index in [-0.39, 0.29) is 12.4 Å². The van der Waals surface area contributed by atoms with Crippen LogP contribution in [0.5, 0.6) is 0 Å². The summed E-state index contributed by atoms with van der Waals surface area (Å²) in [5, 5.41) is 8.70. The van der Waals surface area contributed by atoms with Crippen LogP contribution in [0.25, 0.3) is 0 Å². The van der Waals surface area contributed by atoms with Crippen LogP contribution in [0.3, 0.4) is 0 Å². The molecule has 0 saturated heterocycles.